The van der Waals surface area contributed by atoms with Crippen molar-refractivity contribution in [1.29, 1.82) is 21.0 Å². The van der Waals surface area contributed by atoms with Gasteiger partial charge in [0.2, 0.25) is 0 Å². The van der Waals surface area contributed by atoms with Crippen LogP contribution in [0.5, 0.6) is 0 Å². The lowest BCUT2D eigenvalue weighted by Gasteiger charge is -2.23. The molecule has 0 aliphatic carbocycles. The van der Waals surface area contributed by atoms with Crippen LogP contribution in [0, 0.1) is 45.3 Å². The van der Waals surface area contributed by atoms with Gasteiger partial charge in [-0.15, -0.1) is 0 Å². The van der Waals surface area contributed by atoms with Crippen LogP contribution in [0.2, 0.25) is 0 Å². The second kappa shape index (κ2) is 15.0. The van der Waals surface area contributed by atoms with E-state index in [0.29, 0.717) is 0 Å². The maximum atomic E-state index is 14.7. The monoisotopic (exact) mass is 980 g/mol. The molecule has 0 aliphatic rings. The highest BCUT2D eigenvalue weighted by Crippen LogP contribution is 2.44. The number of halogens is 24. The molecule has 0 atom stereocenters. The third kappa shape index (κ3) is 8.33. The summed E-state index contributed by atoms with van der Waals surface area (Å²) >= 11 is 0. The average Bonchev–Trinajstić information content (AvgIpc) is 3.11. The molecular formula is C32F24N10. The first-order valence-electron chi connectivity index (χ1n) is 15.6. The molecule has 0 saturated heterocycles. The number of rotatable bonds is 0. The Hall–Kier alpha value is -7.52. The largest absolute Gasteiger partial charge is 0.422 e. The van der Waals surface area contributed by atoms with Crippen LogP contribution < -0.4 is 20.9 Å². The summed E-state index contributed by atoms with van der Waals surface area (Å²) in [7, 11) is 0. The van der Waals surface area contributed by atoms with Gasteiger partial charge in [0.25, 0.3) is 0 Å². The number of fused-ring (bicyclic) bond motifs is 7. The van der Waals surface area contributed by atoms with Gasteiger partial charge in [0, 0.05) is 20.9 Å². The molecule has 0 saturated carbocycles. The predicted octanol–water partition coefficient (Wildman–Crippen LogP) is 7.26. The first-order chi connectivity index (χ1) is 29.7. The van der Waals surface area contributed by atoms with E-state index in [1.165, 1.54) is 0 Å². The standard InChI is InChI=1S/C32F24N10/c33-25(34,35)21(26(36,37)38)9-10(22(27(39,40)41)28(42,43)44)12(24(31(51,52)53)32(54,55)56)14-13(11(9)23(29(45,46)47)30(48,49)50)65-19-17-15(61-5(1-57)7(3-59)63-17)16-18(20(19)66-14)64-8(4-60)6(2-58)62-16. The van der Waals surface area contributed by atoms with Crippen LogP contribution in [0.3, 0.4) is 0 Å². The van der Waals surface area contributed by atoms with E-state index in [4.69, 9.17) is 0 Å². The minimum Gasteiger partial charge on any atom is -0.241 e. The molecular weight excluding hydrogens is 980 g/mol. The van der Waals surface area contributed by atoms with Crippen LogP contribution in [-0.2, 0) is 0 Å². The minimum absolute atomic E-state index is 1.06. The van der Waals surface area contributed by atoms with Gasteiger partial charge in [-0.25, -0.2) is 29.9 Å². The van der Waals surface area contributed by atoms with E-state index in [9.17, 15) is 126 Å². The normalized spacial score (nSPS) is 13.4. The molecule has 34 heteroatoms. The Labute approximate surface area is 340 Å². The molecule has 0 amide bonds. The molecule has 3 aromatic heterocycles. The molecule has 3 heterocycles. The predicted molar refractivity (Wildman–Crippen MR) is 163 cm³/mol. The highest BCUT2D eigenvalue weighted by atomic mass is 19.4. The number of nitriles is 4. The number of benzene rings is 2. The Morgan fingerprint density at radius 1 is 0.242 bits per heavy atom. The number of aromatic nitrogens is 6. The van der Waals surface area contributed by atoms with Gasteiger partial charge >= 0.3 is 49.4 Å². The molecule has 0 bridgehead atoms. The minimum atomic E-state index is -8.01. The Balaban J connectivity index is 2.78. The number of nitrogens with zero attached hydrogens (tertiary/aromatic N) is 10. The van der Waals surface area contributed by atoms with Gasteiger partial charge in [-0.1, -0.05) is 0 Å². The molecule has 0 spiro atoms. The van der Waals surface area contributed by atoms with E-state index in [1.54, 1.807) is 0 Å². The molecule has 0 fully saturated rings. The van der Waals surface area contributed by atoms with Crippen molar-refractivity contribution < 1.29 is 105 Å². The first-order valence-corrected chi connectivity index (χ1v) is 15.6. The van der Waals surface area contributed by atoms with Crippen LogP contribution in [-0.4, -0.2) is 79.3 Å². The summed E-state index contributed by atoms with van der Waals surface area (Å²) in [5.41, 5.74) is -43.2. The highest BCUT2D eigenvalue weighted by Gasteiger charge is 2.59. The van der Waals surface area contributed by atoms with Crippen molar-refractivity contribution in [2.45, 2.75) is 49.4 Å². The summed E-state index contributed by atoms with van der Waals surface area (Å²) in [4.78, 5) is 19.3. The summed E-state index contributed by atoms with van der Waals surface area (Å²) in [5, 5.41) is 19.2. The van der Waals surface area contributed by atoms with E-state index >= 15 is 0 Å². The van der Waals surface area contributed by atoms with Crippen LogP contribution in [0.15, 0.2) is 0 Å². The molecule has 66 heavy (non-hydrogen) atoms. The zero-order valence-electron chi connectivity index (χ0n) is 29.5. The van der Waals surface area contributed by atoms with Crippen LogP contribution >= 0.6 is 0 Å². The van der Waals surface area contributed by atoms with E-state index < -0.39 is 159 Å². The van der Waals surface area contributed by atoms with E-state index in [-0.39, 0.29) is 0 Å². The van der Waals surface area contributed by atoms with Crippen LogP contribution in [0.25, 0.3) is 66.4 Å². The Kier molecular flexibility index (Phi) is 11.3. The van der Waals surface area contributed by atoms with E-state index in [1.807, 2.05) is 0 Å². The summed E-state index contributed by atoms with van der Waals surface area (Å²) in [6.07, 6.45) is -63.1. The summed E-state index contributed by atoms with van der Waals surface area (Å²) in [5.74, 6) is 0. The second-order valence-electron chi connectivity index (χ2n) is 12.3. The van der Waals surface area contributed by atoms with Crippen molar-refractivity contribution in [3.63, 3.8) is 0 Å². The molecule has 0 N–H and O–H groups in total. The van der Waals surface area contributed by atoms with Gasteiger partial charge in [-0.05, 0) is 0 Å². The van der Waals surface area contributed by atoms with Gasteiger partial charge in [0.15, 0.2) is 22.8 Å². The molecule has 0 radical (unpaired) electrons. The first kappa shape index (κ1) is 49.5. The van der Waals surface area contributed by atoms with Crippen molar-refractivity contribution in [1.82, 2.24) is 29.9 Å². The number of hydrogen-bond donors (Lipinski definition) is 0. The highest BCUT2D eigenvalue weighted by molar-refractivity contribution is 6.19. The van der Waals surface area contributed by atoms with Crippen molar-refractivity contribution in [2.24, 2.45) is 0 Å². The summed E-state index contributed by atoms with van der Waals surface area (Å²) in [6.45, 7) is 0. The average molecular weight is 980 g/mol. The summed E-state index contributed by atoms with van der Waals surface area (Å²) in [6, 6.07) is 4.44. The third-order valence-electron chi connectivity index (χ3n) is 8.28. The van der Waals surface area contributed by atoms with Gasteiger partial charge in [-0.2, -0.15) is 126 Å². The molecule has 2 aromatic carbocycles. The van der Waals surface area contributed by atoms with Gasteiger partial charge < -0.3 is 0 Å². The van der Waals surface area contributed by atoms with Gasteiger partial charge in [0.05, 0.1) is 11.0 Å². The lowest BCUT2D eigenvalue weighted by Crippen LogP contribution is -2.61. The number of hydrogen-bond acceptors (Lipinski definition) is 10. The lowest BCUT2D eigenvalue weighted by molar-refractivity contribution is -0.143. The van der Waals surface area contributed by atoms with Gasteiger partial charge in [-0.3, -0.25) is 0 Å². The Bertz CT molecular complexity index is 3100. The lowest BCUT2D eigenvalue weighted by atomic mass is 9.93. The smallest absolute Gasteiger partial charge is 0.241 e. The van der Waals surface area contributed by atoms with Crippen molar-refractivity contribution in [3.8, 4) is 24.3 Å². The fourth-order valence-corrected chi connectivity index (χ4v) is 6.21. The number of alkyl halides is 24. The second-order valence-corrected chi connectivity index (χ2v) is 12.3. The van der Waals surface area contributed by atoms with E-state index in [0.717, 1.165) is 24.3 Å². The van der Waals surface area contributed by atoms with Crippen LogP contribution in [0.4, 0.5) is 105 Å². The van der Waals surface area contributed by atoms with Crippen molar-refractivity contribution in [2.75, 3.05) is 0 Å². The maximum Gasteiger partial charge on any atom is 0.422 e. The fraction of sp³-hybridized carbons (Fsp3) is 0.250. The maximum absolute atomic E-state index is 14.7. The molecule has 346 valence electrons. The molecule has 5 rings (SSSR count). The van der Waals surface area contributed by atoms with Crippen LogP contribution in [0.1, 0.15) is 22.8 Å². The zero-order valence-corrected chi connectivity index (χ0v) is 29.5. The SMILES string of the molecule is N#Cc1nc2c3nc(C#N)c(C#N)nc3c3nc4c(=C(C(F)(F)F)C(F)(F)F)c(=C(C(F)(F)F)C(F)(F)F)c(=C(C(F)(F)F)C(F)(F)F)c(=C(C(F)(F)F)C(F)(F)F)c4nc3c2nc1C#N. The molecule has 0 unspecified atom stereocenters. The topological polar surface area (TPSA) is 172 Å². The third-order valence-corrected chi connectivity index (χ3v) is 8.28. The fourth-order valence-electron chi connectivity index (χ4n) is 6.21. The van der Waals surface area contributed by atoms with Crippen molar-refractivity contribution >= 4 is 66.4 Å². The molecule has 10 nitrogen and oxygen atoms in total. The summed E-state index contributed by atoms with van der Waals surface area (Å²) < 4.78 is 351. The van der Waals surface area contributed by atoms with E-state index in [2.05, 4.69) is 29.9 Å². The zero-order chi connectivity index (χ0) is 50.6. The van der Waals surface area contributed by atoms with Gasteiger partial charge in [0.1, 0.15) is 79.7 Å². The Morgan fingerprint density at radius 2 is 0.394 bits per heavy atom. The Morgan fingerprint density at radius 3 is 0.545 bits per heavy atom. The van der Waals surface area contributed by atoms with Crippen molar-refractivity contribution in [3.05, 3.63) is 43.7 Å². The quantitative estimate of drug-likeness (QED) is 0.0874. The molecule has 0 aliphatic heterocycles. The molecule has 5 aromatic rings.